The Balaban J connectivity index is 1.92. The highest BCUT2D eigenvalue weighted by atomic mass is 32.2. The molecule has 0 spiro atoms. The number of benzene rings is 1. The third kappa shape index (κ3) is 3.89. The molecular formula is C15H16O3S. The second kappa shape index (κ2) is 7.04. The van der Waals surface area contributed by atoms with Crippen LogP contribution in [0.5, 0.6) is 5.75 Å². The van der Waals surface area contributed by atoms with Gasteiger partial charge in [0, 0.05) is 0 Å². The molecule has 0 aliphatic heterocycles. The van der Waals surface area contributed by atoms with Gasteiger partial charge in [0.25, 0.3) is 0 Å². The van der Waals surface area contributed by atoms with Crippen LogP contribution >= 0.6 is 11.8 Å². The molecule has 2 rings (SSSR count). The molecule has 0 atom stereocenters. The van der Waals surface area contributed by atoms with E-state index in [0.29, 0.717) is 29.4 Å². The third-order valence-electron chi connectivity index (χ3n) is 2.54. The van der Waals surface area contributed by atoms with Crippen molar-refractivity contribution in [3.8, 4) is 5.75 Å². The Morgan fingerprint density at radius 2 is 2.11 bits per heavy atom. The monoisotopic (exact) mass is 276 g/mol. The van der Waals surface area contributed by atoms with Crippen LogP contribution in [0, 0.1) is 0 Å². The lowest BCUT2D eigenvalue weighted by molar-refractivity contribution is 0.101. The molecule has 4 heteroatoms. The van der Waals surface area contributed by atoms with Crippen LogP contribution in [0.25, 0.3) is 0 Å². The number of furan rings is 1. The quantitative estimate of drug-likeness (QED) is 0.721. The summed E-state index contributed by atoms with van der Waals surface area (Å²) in [4.78, 5) is 12.1. The van der Waals surface area contributed by atoms with Gasteiger partial charge in [0.2, 0.25) is 0 Å². The highest BCUT2D eigenvalue weighted by molar-refractivity contribution is 7.99. The van der Waals surface area contributed by atoms with Gasteiger partial charge in [-0.05, 0) is 31.2 Å². The Hall–Kier alpha value is -1.68. The number of hydrogen-bond acceptors (Lipinski definition) is 4. The number of hydrogen-bond donors (Lipinski definition) is 0. The Labute approximate surface area is 117 Å². The summed E-state index contributed by atoms with van der Waals surface area (Å²) in [5.74, 6) is 2.76. The van der Waals surface area contributed by atoms with Crippen molar-refractivity contribution in [3.63, 3.8) is 0 Å². The fourth-order valence-corrected chi connectivity index (χ4v) is 2.50. The van der Waals surface area contributed by atoms with E-state index >= 15 is 0 Å². The topological polar surface area (TPSA) is 39.4 Å². The van der Waals surface area contributed by atoms with Crippen LogP contribution in [0.2, 0.25) is 0 Å². The lowest BCUT2D eigenvalue weighted by atomic mass is 10.1. The minimum Gasteiger partial charge on any atom is -0.493 e. The first-order valence-electron chi connectivity index (χ1n) is 6.16. The van der Waals surface area contributed by atoms with E-state index in [9.17, 15) is 4.79 Å². The van der Waals surface area contributed by atoms with Gasteiger partial charge in [0.15, 0.2) is 5.78 Å². The highest BCUT2D eigenvalue weighted by Crippen LogP contribution is 2.21. The van der Waals surface area contributed by atoms with Crippen molar-refractivity contribution >= 4 is 17.5 Å². The predicted octanol–water partition coefficient (Wildman–Crippen LogP) is 3.79. The number of rotatable bonds is 7. The maximum Gasteiger partial charge on any atom is 0.176 e. The summed E-state index contributed by atoms with van der Waals surface area (Å²) in [5, 5.41) is 0. The summed E-state index contributed by atoms with van der Waals surface area (Å²) in [6, 6.07) is 11.1. The van der Waals surface area contributed by atoms with Crippen LogP contribution in [0.15, 0.2) is 47.1 Å². The van der Waals surface area contributed by atoms with Crippen molar-refractivity contribution in [3.05, 3.63) is 54.0 Å². The molecule has 0 amide bonds. The van der Waals surface area contributed by atoms with Crippen molar-refractivity contribution in [2.45, 2.75) is 12.7 Å². The minimum absolute atomic E-state index is 0.0839. The van der Waals surface area contributed by atoms with E-state index in [1.807, 2.05) is 37.3 Å². The molecule has 0 N–H and O–H groups in total. The number of Topliss-reactive ketones (excluding diaryl/α,β-unsaturated/α-hetero) is 1. The van der Waals surface area contributed by atoms with Crippen LogP contribution in [-0.4, -0.2) is 18.1 Å². The molecule has 1 aromatic carbocycles. The maximum atomic E-state index is 12.1. The average molecular weight is 276 g/mol. The molecule has 1 aromatic heterocycles. The standard InChI is InChI=1S/C15H16O3S/c1-2-17-15-8-4-3-7-13(15)14(16)11-19-10-12-6-5-9-18-12/h3-9H,2,10-11H2,1H3. The Morgan fingerprint density at radius 1 is 1.26 bits per heavy atom. The third-order valence-corrected chi connectivity index (χ3v) is 3.50. The van der Waals surface area contributed by atoms with Gasteiger partial charge in [-0.1, -0.05) is 12.1 Å². The first-order valence-corrected chi connectivity index (χ1v) is 7.32. The van der Waals surface area contributed by atoms with E-state index in [1.54, 1.807) is 24.1 Å². The molecule has 1 heterocycles. The molecule has 19 heavy (non-hydrogen) atoms. The van der Waals surface area contributed by atoms with Gasteiger partial charge in [-0.25, -0.2) is 0 Å². The Morgan fingerprint density at radius 3 is 2.84 bits per heavy atom. The number of ketones is 1. The van der Waals surface area contributed by atoms with Gasteiger partial charge >= 0.3 is 0 Å². The highest BCUT2D eigenvalue weighted by Gasteiger charge is 2.12. The van der Waals surface area contributed by atoms with Crippen LogP contribution in [-0.2, 0) is 5.75 Å². The largest absolute Gasteiger partial charge is 0.493 e. The fraction of sp³-hybridized carbons (Fsp3) is 0.267. The molecule has 0 bridgehead atoms. The van der Waals surface area contributed by atoms with E-state index in [2.05, 4.69) is 0 Å². The first kappa shape index (κ1) is 13.7. The summed E-state index contributed by atoms with van der Waals surface area (Å²) >= 11 is 1.54. The molecule has 2 aromatic rings. The average Bonchev–Trinajstić information content (AvgIpc) is 2.93. The van der Waals surface area contributed by atoms with Crippen LogP contribution in [0.3, 0.4) is 0 Å². The van der Waals surface area contributed by atoms with Crippen molar-refractivity contribution in [1.82, 2.24) is 0 Å². The van der Waals surface area contributed by atoms with E-state index in [-0.39, 0.29) is 5.78 Å². The van der Waals surface area contributed by atoms with Crippen LogP contribution < -0.4 is 4.74 Å². The van der Waals surface area contributed by atoms with Gasteiger partial charge in [0.1, 0.15) is 11.5 Å². The van der Waals surface area contributed by atoms with Crippen molar-refractivity contribution in [1.29, 1.82) is 0 Å². The zero-order chi connectivity index (χ0) is 13.5. The fourth-order valence-electron chi connectivity index (χ4n) is 1.70. The van der Waals surface area contributed by atoms with Gasteiger partial charge in [0.05, 0.1) is 29.9 Å². The van der Waals surface area contributed by atoms with Crippen molar-refractivity contribution in [2.75, 3.05) is 12.4 Å². The Bertz CT molecular complexity index is 520. The van der Waals surface area contributed by atoms with Gasteiger partial charge < -0.3 is 9.15 Å². The van der Waals surface area contributed by atoms with Crippen molar-refractivity contribution < 1.29 is 13.9 Å². The summed E-state index contributed by atoms with van der Waals surface area (Å²) in [7, 11) is 0. The summed E-state index contributed by atoms with van der Waals surface area (Å²) in [6.07, 6.45) is 1.64. The molecule has 0 aliphatic carbocycles. The second-order valence-electron chi connectivity index (χ2n) is 3.92. The lowest BCUT2D eigenvalue weighted by Gasteiger charge is -2.08. The van der Waals surface area contributed by atoms with E-state index in [0.717, 1.165) is 5.76 Å². The lowest BCUT2D eigenvalue weighted by Crippen LogP contribution is -2.06. The van der Waals surface area contributed by atoms with E-state index < -0.39 is 0 Å². The minimum atomic E-state index is 0.0839. The maximum absolute atomic E-state index is 12.1. The van der Waals surface area contributed by atoms with Crippen molar-refractivity contribution in [2.24, 2.45) is 0 Å². The molecule has 0 saturated heterocycles. The normalized spacial score (nSPS) is 10.4. The second-order valence-corrected chi connectivity index (χ2v) is 4.91. The van der Waals surface area contributed by atoms with Gasteiger partial charge in [-0.2, -0.15) is 0 Å². The summed E-state index contributed by atoms with van der Waals surface area (Å²) in [5.41, 5.74) is 0.649. The molecule has 0 radical (unpaired) electrons. The molecule has 0 saturated carbocycles. The summed E-state index contributed by atoms with van der Waals surface area (Å²) in [6.45, 7) is 2.47. The van der Waals surface area contributed by atoms with Gasteiger partial charge in [-0.15, -0.1) is 11.8 Å². The predicted molar refractivity (Wildman–Crippen MR) is 76.8 cm³/mol. The molecule has 0 fully saturated rings. The van der Waals surface area contributed by atoms with Crippen LogP contribution in [0.4, 0.5) is 0 Å². The molecule has 0 aliphatic rings. The number of carbonyl (C=O) groups excluding carboxylic acids is 1. The zero-order valence-corrected chi connectivity index (χ0v) is 11.6. The SMILES string of the molecule is CCOc1ccccc1C(=O)CSCc1ccco1. The molecule has 100 valence electrons. The number of carbonyl (C=O) groups is 1. The molecule has 0 unspecified atom stereocenters. The number of thioether (sulfide) groups is 1. The number of ether oxygens (including phenoxy) is 1. The first-order chi connectivity index (χ1) is 9.31. The van der Waals surface area contributed by atoms with Crippen LogP contribution in [0.1, 0.15) is 23.0 Å². The van der Waals surface area contributed by atoms with Gasteiger partial charge in [-0.3, -0.25) is 4.79 Å². The molecular weight excluding hydrogens is 260 g/mol. The summed E-state index contributed by atoms with van der Waals surface area (Å²) < 4.78 is 10.7. The number of para-hydroxylation sites is 1. The smallest absolute Gasteiger partial charge is 0.176 e. The Kier molecular flexibility index (Phi) is 5.10. The molecule has 3 nitrogen and oxygen atoms in total. The zero-order valence-electron chi connectivity index (χ0n) is 10.8. The van der Waals surface area contributed by atoms with E-state index in [4.69, 9.17) is 9.15 Å². The van der Waals surface area contributed by atoms with E-state index in [1.165, 1.54) is 0 Å².